The van der Waals surface area contributed by atoms with E-state index in [9.17, 15) is 0 Å². The molecule has 1 fully saturated rings. The lowest BCUT2D eigenvalue weighted by molar-refractivity contribution is 0.417. The van der Waals surface area contributed by atoms with Gasteiger partial charge in [-0.15, -0.1) is 0 Å². The molecule has 0 bridgehead atoms. The molecule has 3 rings (SSSR count). The van der Waals surface area contributed by atoms with E-state index in [0.717, 1.165) is 10.9 Å². The number of nitrogens with two attached hydrogens (primary N) is 1. The third kappa shape index (κ3) is 2.03. The van der Waals surface area contributed by atoms with Gasteiger partial charge in [0.1, 0.15) is 5.75 Å². The van der Waals surface area contributed by atoms with Crippen LogP contribution in [0.1, 0.15) is 18.9 Å². The summed E-state index contributed by atoms with van der Waals surface area (Å²) >= 11 is 2.03. The Bertz CT molecular complexity index is 561. The lowest BCUT2D eigenvalue weighted by atomic mass is 10.1. The molecule has 4 nitrogen and oxygen atoms in total. The molecule has 0 atom stereocenters. The van der Waals surface area contributed by atoms with Gasteiger partial charge in [-0.1, -0.05) is 0 Å². The molecule has 5 heteroatoms. The van der Waals surface area contributed by atoms with Gasteiger partial charge in [0.25, 0.3) is 0 Å². The maximum atomic E-state index is 5.92. The molecule has 0 saturated carbocycles. The zero-order valence-corrected chi connectivity index (χ0v) is 11.2. The lowest BCUT2D eigenvalue weighted by Gasteiger charge is -2.21. The predicted octanol–water partition coefficient (Wildman–Crippen LogP) is 2.70. The minimum atomic E-state index is 0.533. The Kier molecular flexibility index (Phi) is 3.07. The highest BCUT2D eigenvalue weighted by Gasteiger charge is 2.17. The molecule has 18 heavy (non-hydrogen) atoms. The van der Waals surface area contributed by atoms with Gasteiger partial charge in [-0.05, 0) is 30.4 Å². The molecular weight excluding hydrogens is 246 g/mol. The van der Waals surface area contributed by atoms with Crippen LogP contribution in [0.3, 0.4) is 0 Å². The number of hydrogen-bond donors (Lipinski definition) is 1. The molecule has 2 heterocycles. The fourth-order valence-corrected chi connectivity index (χ4v) is 3.48. The van der Waals surface area contributed by atoms with Crippen LogP contribution in [0.5, 0.6) is 5.75 Å². The summed E-state index contributed by atoms with van der Waals surface area (Å²) in [6.07, 6.45) is 4.50. The summed E-state index contributed by atoms with van der Waals surface area (Å²) in [5, 5.41) is 5.75. The van der Waals surface area contributed by atoms with Crippen LogP contribution in [0.2, 0.25) is 0 Å². The minimum Gasteiger partial charge on any atom is -0.495 e. The van der Waals surface area contributed by atoms with Gasteiger partial charge in [0.15, 0.2) is 0 Å². The minimum absolute atomic E-state index is 0.533. The van der Waals surface area contributed by atoms with Gasteiger partial charge >= 0.3 is 0 Å². The zero-order valence-electron chi connectivity index (χ0n) is 10.4. The van der Waals surface area contributed by atoms with Crippen molar-refractivity contribution >= 4 is 28.4 Å². The normalized spacial score (nSPS) is 17.2. The van der Waals surface area contributed by atoms with Gasteiger partial charge in [-0.25, -0.2) is 0 Å². The van der Waals surface area contributed by atoms with E-state index in [0.29, 0.717) is 17.5 Å². The van der Waals surface area contributed by atoms with Crippen LogP contribution in [0.25, 0.3) is 10.9 Å². The van der Waals surface area contributed by atoms with Crippen molar-refractivity contribution in [2.24, 2.45) is 0 Å². The van der Waals surface area contributed by atoms with Gasteiger partial charge in [0.2, 0.25) is 0 Å². The SMILES string of the molecule is COc1cc2nn(C3CCSCC3)cc2cc1N. The first-order chi connectivity index (χ1) is 8.78. The summed E-state index contributed by atoms with van der Waals surface area (Å²) in [5.74, 6) is 3.16. The molecular formula is C13H17N3OS. The van der Waals surface area contributed by atoms with Crippen LogP contribution in [-0.4, -0.2) is 28.4 Å². The lowest BCUT2D eigenvalue weighted by Crippen LogP contribution is -2.15. The maximum Gasteiger partial charge on any atom is 0.144 e. The highest BCUT2D eigenvalue weighted by molar-refractivity contribution is 7.99. The monoisotopic (exact) mass is 263 g/mol. The van der Waals surface area contributed by atoms with Crippen LogP contribution in [0.15, 0.2) is 18.3 Å². The Balaban J connectivity index is 1.99. The number of ether oxygens (including phenoxy) is 1. The highest BCUT2D eigenvalue weighted by Crippen LogP contribution is 2.31. The van der Waals surface area contributed by atoms with Crippen molar-refractivity contribution in [1.29, 1.82) is 0 Å². The van der Waals surface area contributed by atoms with Crippen molar-refractivity contribution in [3.63, 3.8) is 0 Å². The second-order valence-corrected chi connectivity index (χ2v) is 5.83. The van der Waals surface area contributed by atoms with Crippen molar-refractivity contribution in [3.05, 3.63) is 18.3 Å². The number of hydrogen-bond acceptors (Lipinski definition) is 4. The summed E-state index contributed by atoms with van der Waals surface area (Å²) in [6, 6.07) is 4.39. The number of benzene rings is 1. The smallest absolute Gasteiger partial charge is 0.144 e. The van der Waals surface area contributed by atoms with Crippen molar-refractivity contribution in [3.8, 4) is 5.75 Å². The van der Waals surface area contributed by atoms with Crippen LogP contribution in [0.4, 0.5) is 5.69 Å². The Morgan fingerprint density at radius 2 is 2.17 bits per heavy atom. The summed E-state index contributed by atoms with van der Waals surface area (Å²) in [5.41, 5.74) is 7.55. The number of thioether (sulfide) groups is 1. The molecule has 0 amide bonds. The van der Waals surface area contributed by atoms with E-state index < -0.39 is 0 Å². The van der Waals surface area contributed by atoms with Gasteiger partial charge in [0.05, 0.1) is 24.4 Å². The molecule has 0 spiro atoms. The summed E-state index contributed by atoms with van der Waals surface area (Å²) < 4.78 is 7.33. The number of rotatable bonds is 2. The van der Waals surface area contributed by atoms with Crippen molar-refractivity contribution < 1.29 is 4.74 Å². The third-order valence-corrected chi connectivity index (χ3v) is 4.49. The van der Waals surface area contributed by atoms with Crippen molar-refractivity contribution in [2.45, 2.75) is 18.9 Å². The predicted molar refractivity (Wildman–Crippen MR) is 76.3 cm³/mol. The highest BCUT2D eigenvalue weighted by atomic mass is 32.2. The van der Waals surface area contributed by atoms with Crippen LogP contribution >= 0.6 is 11.8 Å². The van der Waals surface area contributed by atoms with Gasteiger partial charge in [-0.2, -0.15) is 16.9 Å². The molecule has 1 aromatic carbocycles. The average molecular weight is 263 g/mol. The van der Waals surface area contributed by atoms with Gasteiger partial charge in [0, 0.05) is 17.6 Å². The first-order valence-corrected chi connectivity index (χ1v) is 7.33. The fraction of sp³-hybridized carbons (Fsp3) is 0.462. The molecule has 0 radical (unpaired) electrons. The summed E-state index contributed by atoms with van der Waals surface area (Å²) in [6.45, 7) is 0. The number of anilines is 1. The molecule has 2 N–H and O–H groups in total. The maximum absolute atomic E-state index is 5.92. The quantitative estimate of drug-likeness (QED) is 0.846. The van der Waals surface area contributed by atoms with Crippen LogP contribution in [0, 0.1) is 0 Å². The molecule has 0 aliphatic carbocycles. The van der Waals surface area contributed by atoms with Crippen LogP contribution < -0.4 is 10.5 Å². The topological polar surface area (TPSA) is 53.1 Å². The van der Waals surface area contributed by atoms with E-state index in [-0.39, 0.29) is 0 Å². The molecule has 1 aliphatic rings. The molecule has 96 valence electrons. The Hall–Kier alpha value is -1.36. The second-order valence-electron chi connectivity index (χ2n) is 4.61. The van der Waals surface area contributed by atoms with E-state index in [4.69, 9.17) is 10.5 Å². The van der Waals surface area contributed by atoms with Crippen molar-refractivity contribution in [2.75, 3.05) is 24.3 Å². The van der Waals surface area contributed by atoms with E-state index in [2.05, 4.69) is 16.0 Å². The molecule has 1 aliphatic heterocycles. The standard InChI is InChI=1S/C13H17N3OS/c1-17-13-7-12-9(6-11(13)14)8-16(15-12)10-2-4-18-5-3-10/h6-8,10H,2-5,14H2,1H3. The number of nitrogen functional groups attached to an aromatic ring is 1. The first kappa shape index (κ1) is 11.7. The van der Waals surface area contributed by atoms with Gasteiger partial charge < -0.3 is 10.5 Å². The number of aromatic nitrogens is 2. The zero-order chi connectivity index (χ0) is 12.5. The van der Waals surface area contributed by atoms with E-state index in [1.807, 2.05) is 23.9 Å². The fourth-order valence-electron chi connectivity index (χ4n) is 2.40. The number of nitrogens with zero attached hydrogens (tertiary/aromatic N) is 2. The third-order valence-electron chi connectivity index (χ3n) is 3.44. The Morgan fingerprint density at radius 1 is 1.39 bits per heavy atom. The Morgan fingerprint density at radius 3 is 2.89 bits per heavy atom. The van der Waals surface area contributed by atoms with Gasteiger partial charge in [-0.3, -0.25) is 4.68 Å². The average Bonchev–Trinajstić information content (AvgIpc) is 2.81. The molecule has 1 saturated heterocycles. The van der Waals surface area contributed by atoms with Crippen molar-refractivity contribution in [1.82, 2.24) is 9.78 Å². The molecule has 2 aromatic rings. The van der Waals surface area contributed by atoms with E-state index in [1.54, 1.807) is 7.11 Å². The van der Waals surface area contributed by atoms with E-state index in [1.165, 1.54) is 24.3 Å². The van der Waals surface area contributed by atoms with E-state index >= 15 is 0 Å². The number of methoxy groups -OCH3 is 1. The second kappa shape index (κ2) is 4.72. The first-order valence-electron chi connectivity index (χ1n) is 6.18. The summed E-state index contributed by atoms with van der Waals surface area (Å²) in [4.78, 5) is 0. The number of fused-ring (bicyclic) bond motifs is 1. The van der Waals surface area contributed by atoms with Crippen LogP contribution in [-0.2, 0) is 0 Å². The molecule has 1 aromatic heterocycles. The summed E-state index contributed by atoms with van der Waals surface area (Å²) in [7, 11) is 1.63. The Labute approximate surface area is 110 Å². The largest absolute Gasteiger partial charge is 0.495 e. The molecule has 0 unspecified atom stereocenters.